The molecule has 1 aliphatic rings. The molecule has 0 saturated carbocycles. The van der Waals surface area contributed by atoms with E-state index in [4.69, 9.17) is 18.0 Å². The monoisotopic (exact) mass is 287 g/mol. The predicted octanol–water partition coefficient (Wildman–Crippen LogP) is 1.24. The summed E-state index contributed by atoms with van der Waals surface area (Å²) < 4.78 is 2.11. The average Bonchev–Trinajstić information content (AvgIpc) is 2.88. The molecule has 2 N–H and O–H groups in total. The van der Waals surface area contributed by atoms with Gasteiger partial charge < -0.3 is 10.3 Å². The molecular weight excluding hydrogens is 270 g/mol. The number of fused-ring (bicyclic) bond motifs is 1. The van der Waals surface area contributed by atoms with E-state index in [2.05, 4.69) is 38.7 Å². The number of rotatable bonds is 3. The Labute approximate surface area is 123 Å². The van der Waals surface area contributed by atoms with Crippen molar-refractivity contribution in [2.45, 2.75) is 26.6 Å². The molecule has 0 fully saturated rings. The standard InChI is InChI=1S/C14H17N5S/c1-10-6-11(14(15)20)2-3-12(10)7-18-4-5-19-9-16-17-13(19)8-18/h2-3,6,9H,4-5,7-8H2,1H3,(H2,15,20). The molecule has 20 heavy (non-hydrogen) atoms. The van der Waals surface area contributed by atoms with Crippen LogP contribution >= 0.6 is 12.2 Å². The van der Waals surface area contributed by atoms with Crippen molar-refractivity contribution in [3.05, 3.63) is 47.0 Å². The first-order chi connectivity index (χ1) is 9.63. The van der Waals surface area contributed by atoms with E-state index in [1.54, 1.807) is 6.33 Å². The minimum Gasteiger partial charge on any atom is -0.389 e. The zero-order valence-corrected chi connectivity index (χ0v) is 12.2. The minimum absolute atomic E-state index is 0.450. The SMILES string of the molecule is Cc1cc(C(N)=S)ccc1CN1CCn2cnnc2C1. The molecule has 3 rings (SSSR count). The van der Waals surface area contributed by atoms with Gasteiger partial charge >= 0.3 is 0 Å². The summed E-state index contributed by atoms with van der Waals surface area (Å²) in [5, 5.41) is 8.10. The Bertz CT molecular complexity index is 649. The first kappa shape index (κ1) is 13.2. The van der Waals surface area contributed by atoms with Crippen LogP contribution in [0.15, 0.2) is 24.5 Å². The van der Waals surface area contributed by atoms with Crippen molar-refractivity contribution in [3.63, 3.8) is 0 Å². The number of aromatic nitrogens is 3. The van der Waals surface area contributed by atoms with Crippen LogP contribution < -0.4 is 5.73 Å². The molecule has 0 saturated heterocycles. The van der Waals surface area contributed by atoms with Crippen molar-refractivity contribution < 1.29 is 0 Å². The lowest BCUT2D eigenvalue weighted by Gasteiger charge is -2.27. The number of benzene rings is 1. The normalized spacial score (nSPS) is 15.1. The lowest BCUT2D eigenvalue weighted by atomic mass is 10.0. The van der Waals surface area contributed by atoms with E-state index in [1.165, 1.54) is 11.1 Å². The summed E-state index contributed by atoms with van der Waals surface area (Å²) in [4.78, 5) is 2.83. The predicted molar refractivity (Wildman–Crippen MR) is 81.2 cm³/mol. The molecule has 0 bridgehead atoms. The van der Waals surface area contributed by atoms with Crippen molar-refractivity contribution in [1.29, 1.82) is 0 Å². The number of nitrogens with zero attached hydrogens (tertiary/aromatic N) is 4. The third kappa shape index (κ3) is 2.57. The molecule has 2 heterocycles. The average molecular weight is 287 g/mol. The molecule has 6 heteroatoms. The smallest absolute Gasteiger partial charge is 0.147 e. The summed E-state index contributed by atoms with van der Waals surface area (Å²) in [6.45, 7) is 5.82. The van der Waals surface area contributed by atoms with Crippen LogP contribution in [0.1, 0.15) is 22.5 Å². The Balaban J connectivity index is 1.74. The van der Waals surface area contributed by atoms with Crippen molar-refractivity contribution >= 4 is 17.2 Å². The van der Waals surface area contributed by atoms with Crippen LogP contribution in [0.2, 0.25) is 0 Å². The van der Waals surface area contributed by atoms with E-state index in [-0.39, 0.29) is 0 Å². The van der Waals surface area contributed by atoms with E-state index in [9.17, 15) is 0 Å². The molecule has 0 unspecified atom stereocenters. The summed E-state index contributed by atoms with van der Waals surface area (Å²) in [6.07, 6.45) is 1.80. The fourth-order valence-corrected chi connectivity index (χ4v) is 2.65. The Kier molecular flexibility index (Phi) is 3.50. The summed E-state index contributed by atoms with van der Waals surface area (Å²) >= 11 is 5.01. The maximum Gasteiger partial charge on any atom is 0.147 e. The van der Waals surface area contributed by atoms with Gasteiger partial charge in [-0.25, -0.2) is 0 Å². The number of hydrogen-bond donors (Lipinski definition) is 1. The largest absolute Gasteiger partial charge is 0.389 e. The number of hydrogen-bond acceptors (Lipinski definition) is 4. The summed E-state index contributed by atoms with van der Waals surface area (Å²) in [5.74, 6) is 1.04. The topological polar surface area (TPSA) is 60.0 Å². The van der Waals surface area contributed by atoms with Gasteiger partial charge in [0.05, 0.1) is 6.54 Å². The van der Waals surface area contributed by atoms with Gasteiger partial charge in [-0.05, 0) is 24.1 Å². The molecule has 5 nitrogen and oxygen atoms in total. The van der Waals surface area contributed by atoms with E-state index in [0.29, 0.717) is 4.99 Å². The van der Waals surface area contributed by atoms with E-state index < -0.39 is 0 Å². The highest BCUT2D eigenvalue weighted by Gasteiger charge is 2.18. The third-order valence-electron chi connectivity index (χ3n) is 3.74. The lowest BCUT2D eigenvalue weighted by Crippen LogP contribution is -2.33. The van der Waals surface area contributed by atoms with Crippen LogP contribution in [-0.4, -0.2) is 31.2 Å². The second kappa shape index (κ2) is 5.30. The molecule has 104 valence electrons. The van der Waals surface area contributed by atoms with Gasteiger partial charge in [-0.1, -0.05) is 24.4 Å². The summed E-state index contributed by atoms with van der Waals surface area (Å²) in [5.41, 5.74) is 9.12. The van der Waals surface area contributed by atoms with Crippen molar-refractivity contribution in [2.75, 3.05) is 6.54 Å². The van der Waals surface area contributed by atoms with E-state index >= 15 is 0 Å². The van der Waals surface area contributed by atoms with Crippen LogP contribution in [0.25, 0.3) is 0 Å². The minimum atomic E-state index is 0.450. The van der Waals surface area contributed by atoms with Crippen LogP contribution in [0.4, 0.5) is 0 Å². The Hall–Kier alpha value is -1.79. The number of nitrogens with two attached hydrogens (primary N) is 1. The molecule has 0 spiro atoms. The zero-order chi connectivity index (χ0) is 14.1. The fourth-order valence-electron chi connectivity index (χ4n) is 2.52. The second-order valence-electron chi connectivity index (χ2n) is 5.16. The Morgan fingerprint density at radius 2 is 2.25 bits per heavy atom. The number of thiocarbonyl (C=S) groups is 1. The molecule has 0 aliphatic carbocycles. The third-order valence-corrected chi connectivity index (χ3v) is 3.97. The molecule has 0 atom stereocenters. The van der Waals surface area contributed by atoms with E-state index in [0.717, 1.165) is 37.6 Å². The first-order valence-electron chi connectivity index (χ1n) is 6.62. The Morgan fingerprint density at radius 1 is 1.40 bits per heavy atom. The molecule has 2 aromatic rings. The fraction of sp³-hybridized carbons (Fsp3) is 0.357. The zero-order valence-electron chi connectivity index (χ0n) is 11.4. The van der Waals surface area contributed by atoms with Gasteiger partial charge in [-0.3, -0.25) is 4.90 Å². The van der Waals surface area contributed by atoms with Gasteiger partial charge in [0.25, 0.3) is 0 Å². The van der Waals surface area contributed by atoms with Gasteiger partial charge in [0.2, 0.25) is 0 Å². The molecule has 1 aliphatic heterocycles. The first-order valence-corrected chi connectivity index (χ1v) is 7.02. The second-order valence-corrected chi connectivity index (χ2v) is 5.60. The quantitative estimate of drug-likeness (QED) is 0.861. The van der Waals surface area contributed by atoms with Crippen molar-refractivity contribution in [1.82, 2.24) is 19.7 Å². The summed E-state index contributed by atoms with van der Waals surface area (Å²) in [7, 11) is 0. The van der Waals surface area contributed by atoms with Gasteiger partial charge in [0, 0.05) is 25.2 Å². The van der Waals surface area contributed by atoms with Crippen molar-refractivity contribution in [3.8, 4) is 0 Å². The highest BCUT2D eigenvalue weighted by molar-refractivity contribution is 7.80. The van der Waals surface area contributed by atoms with Gasteiger partial charge in [-0.2, -0.15) is 0 Å². The number of aryl methyl sites for hydroxylation is 1. The molecule has 0 amide bonds. The highest BCUT2D eigenvalue weighted by Crippen LogP contribution is 2.17. The molecule has 1 aromatic heterocycles. The highest BCUT2D eigenvalue weighted by atomic mass is 32.1. The van der Waals surface area contributed by atoms with Gasteiger partial charge in [0.15, 0.2) is 0 Å². The molecule has 1 aromatic carbocycles. The van der Waals surface area contributed by atoms with Crippen LogP contribution in [0.3, 0.4) is 0 Å². The maximum atomic E-state index is 5.66. The van der Waals surface area contributed by atoms with E-state index in [1.807, 2.05) is 6.07 Å². The summed E-state index contributed by atoms with van der Waals surface area (Å²) in [6, 6.07) is 6.17. The maximum absolute atomic E-state index is 5.66. The van der Waals surface area contributed by atoms with Crippen molar-refractivity contribution in [2.24, 2.45) is 5.73 Å². The van der Waals surface area contributed by atoms with Gasteiger partial charge in [0.1, 0.15) is 17.1 Å². The molecule has 0 radical (unpaired) electrons. The molecular formula is C14H17N5S. The van der Waals surface area contributed by atoms with Gasteiger partial charge in [-0.15, -0.1) is 10.2 Å². The van der Waals surface area contributed by atoms with Crippen LogP contribution in [-0.2, 0) is 19.6 Å². The lowest BCUT2D eigenvalue weighted by molar-refractivity contribution is 0.208. The van der Waals surface area contributed by atoms with Crippen LogP contribution in [0.5, 0.6) is 0 Å². The van der Waals surface area contributed by atoms with Crippen LogP contribution in [0, 0.1) is 6.92 Å². The Morgan fingerprint density at radius 3 is 3.00 bits per heavy atom.